The van der Waals surface area contributed by atoms with E-state index in [4.69, 9.17) is 11.5 Å². The summed E-state index contributed by atoms with van der Waals surface area (Å²) in [7, 11) is 0. The van der Waals surface area contributed by atoms with Crippen LogP contribution >= 0.6 is 0 Å². The molecule has 0 aromatic carbocycles. The Balaban J connectivity index is 3.72. The van der Waals surface area contributed by atoms with Gasteiger partial charge in [-0.2, -0.15) is 0 Å². The van der Waals surface area contributed by atoms with E-state index in [0.717, 1.165) is 25.2 Å². The van der Waals surface area contributed by atoms with Crippen molar-refractivity contribution >= 4 is 0 Å². The number of unbranched alkanes of at least 4 members (excludes halogenated alkanes) is 18. The van der Waals surface area contributed by atoms with E-state index >= 15 is 0 Å². The lowest BCUT2D eigenvalue weighted by Gasteiger charge is -2.20. The van der Waals surface area contributed by atoms with Crippen molar-refractivity contribution in [1.29, 1.82) is 0 Å². The smallest absolute Gasteiger partial charge is 0.0165 e. The van der Waals surface area contributed by atoms with Crippen LogP contribution < -0.4 is 11.5 Å². The molecular weight excluding hydrogens is 508 g/mol. The lowest BCUT2D eigenvalue weighted by molar-refractivity contribution is 0.355. The van der Waals surface area contributed by atoms with Crippen molar-refractivity contribution in [2.24, 2.45) is 17.4 Å². The van der Waals surface area contributed by atoms with Crippen molar-refractivity contribution in [3.8, 4) is 0 Å². The summed E-state index contributed by atoms with van der Waals surface area (Å²) in [6.07, 6.45) is 54.4. The second kappa shape index (κ2) is 36.1. The molecule has 0 aliphatic carbocycles. The van der Waals surface area contributed by atoms with E-state index in [-0.39, 0.29) is 6.04 Å². The molecule has 0 saturated heterocycles. The van der Waals surface area contributed by atoms with Gasteiger partial charge in [-0.1, -0.05) is 165 Å². The number of nitrogens with two attached hydrogens (primary N) is 2. The summed E-state index contributed by atoms with van der Waals surface area (Å²) in [5.41, 5.74) is 12.1. The van der Waals surface area contributed by atoms with Crippen LogP contribution in [0, 0.1) is 5.92 Å². The zero-order chi connectivity index (χ0) is 30.6. The lowest BCUT2D eigenvalue weighted by atomic mass is 9.89. The fraction of sp³-hybridized carbons (Fsp3) is 0.800. The summed E-state index contributed by atoms with van der Waals surface area (Å²) in [6.45, 7) is 5.16. The van der Waals surface area contributed by atoms with E-state index in [1.54, 1.807) is 0 Å². The summed E-state index contributed by atoms with van der Waals surface area (Å²) in [5.74, 6) is 0.778. The third-order valence-corrected chi connectivity index (χ3v) is 8.56. The maximum atomic E-state index is 6.25. The average Bonchev–Trinajstić information content (AvgIpc) is 3.00. The number of hydrogen-bond donors (Lipinski definition) is 2. The molecule has 0 bridgehead atoms. The molecule has 0 amide bonds. The van der Waals surface area contributed by atoms with Gasteiger partial charge in [-0.15, -0.1) is 0 Å². The Morgan fingerprint density at radius 2 is 0.762 bits per heavy atom. The van der Waals surface area contributed by atoms with Gasteiger partial charge in [0.25, 0.3) is 0 Å². The highest BCUT2D eigenvalue weighted by molar-refractivity contribution is 4.93. The molecular formula is C40H76N2. The molecule has 4 N–H and O–H groups in total. The summed E-state index contributed by atoms with van der Waals surface area (Å²) >= 11 is 0. The Morgan fingerprint density at radius 3 is 1.12 bits per heavy atom. The van der Waals surface area contributed by atoms with Gasteiger partial charge in [-0.3, -0.25) is 0 Å². The molecule has 0 aromatic heterocycles. The SMILES string of the molecule is CCCCC/C=C\C/C=C\CCCCCCCCC(CCCCCCCC/C=C\C/C=C\CCCCC)CC(N)CN. The fourth-order valence-corrected chi connectivity index (χ4v) is 5.75. The van der Waals surface area contributed by atoms with E-state index < -0.39 is 0 Å². The third kappa shape index (κ3) is 33.4. The minimum Gasteiger partial charge on any atom is -0.329 e. The van der Waals surface area contributed by atoms with Gasteiger partial charge in [-0.25, -0.2) is 0 Å². The van der Waals surface area contributed by atoms with Gasteiger partial charge in [-0.05, 0) is 76.5 Å². The minimum absolute atomic E-state index is 0.184. The predicted octanol–water partition coefficient (Wildman–Crippen LogP) is 12.7. The molecule has 0 aliphatic heterocycles. The Morgan fingerprint density at radius 1 is 0.429 bits per heavy atom. The molecule has 0 aliphatic rings. The van der Waals surface area contributed by atoms with Gasteiger partial charge >= 0.3 is 0 Å². The van der Waals surface area contributed by atoms with Crippen LogP contribution in [0.2, 0.25) is 0 Å². The Bertz CT molecular complexity index is 569. The molecule has 0 heterocycles. The van der Waals surface area contributed by atoms with Crippen LogP contribution in [0.15, 0.2) is 48.6 Å². The molecule has 1 atom stereocenters. The van der Waals surface area contributed by atoms with Gasteiger partial charge in [0.05, 0.1) is 0 Å². The molecule has 2 heteroatoms. The topological polar surface area (TPSA) is 52.0 Å². The molecule has 2 nitrogen and oxygen atoms in total. The quantitative estimate of drug-likeness (QED) is 0.0595. The average molecular weight is 585 g/mol. The summed E-state index contributed by atoms with van der Waals surface area (Å²) in [5, 5.41) is 0. The Kier molecular flexibility index (Phi) is 35.1. The fourth-order valence-electron chi connectivity index (χ4n) is 5.75. The second-order valence-corrected chi connectivity index (χ2v) is 12.8. The summed E-state index contributed by atoms with van der Waals surface area (Å²) in [4.78, 5) is 0. The normalized spacial score (nSPS) is 13.3. The minimum atomic E-state index is 0.184. The molecule has 246 valence electrons. The first kappa shape index (κ1) is 40.9. The van der Waals surface area contributed by atoms with Crippen LogP contribution in [0.25, 0.3) is 0 Å². The van der Waals surface area contributed by atoms with Gasteiger partial charge in [0.2, 0.25) is 0 Å². The van der Waals surface area contributed by atoms with Crippen molar-refractivity contribution in [2.75, 3.05) is 6.54 Å². The number of allylic oxidation sites excluding steroid dienone is 8. The van der Waals surface area contributed by atoms with Gasteiger partial charge in [0.15, 0.2) is 0 Å². The Hall–Kier alpha value is -1.12. The van der Waals surface area contributed by atoms with Crippen LogP contribution in [-0.4, -0.2) is 12.6 Å². The van der Waals surface area contributed by atoms with E-state index in [0.29, 0.717) is 6.54 Å². The van der Waals surface area contributed by atoms with E-state index in [1.165, 1.54) is 154 Å². The molecule has 0 saturated carbocycles. The monoisotopic (exact) mass is 585 g/mol. The van der Waals surface area contributed by atoms with Crippen LogP contribution in [0.3, 0.4) is 0 Å². The maximum absolute atomic E-state index is 6.25. The predicted molar refractivity (Wildman–Crippen MR) is 193 cm³/mol. The van der Waals surface area contributed by atoms with Crippen molar-refractivity contribution in [3.05, 3.63) is 48.6 Å². The van der Waals surface area contributed by atoms with Crippen molar-refractivity contribution in [2.45, 2.75) is 193 Å². The van der Waals surface area contributed by atoms with Crippen LogP contribution in [0.1, 0.15) is 187 Å². The highest BCUT2D eigenvalue weighted by Gasteiger charge is 2.12. The molecule has 0 aromatic rings. The van der Waals surface area contributed by atoms with Crippen molar-refractivity contribution in [3.63, 3.8) is 0 Å². The van der Waals surface area contributed by atoms with Crippen LogP contribution in [0.5, 0.6) is 0 Å². The first-order chi connectivity index (χ1) is 20.7. The van der Waals surface area contributed by atoms with E-state index in [1.807, 2.05) is 0 Å². The largest absolute Gasteiger partial charge is 0.329 e. The van der Waals surface area contributed by atoms with Crippen LogP contribution in [-0.2, 0) is 0 Å². The lowest BCUT2D eigenvalue weighted by Crippen LogP contribution is -2.31. The molecule has 0 fully saturated rings. The molecule has 0 spiro atoms. The number of rotatable bonds is 33. The summed E-state index contributed by atoms with van der Waals surface area (Å²) < 4.78 is 0. The zero-order valence-electron chi connectivity index (χ0n) is 28.7. The molecule has 1 unspecified atom stereocenters. The van der Waals surface area contributed by atoms with Crippen molar-refractivity contribution < 1.29 is 0 Å². The van der Waals surface area contributed by atoms with E-state index in [9.17, 15) is 0 Å². The van der Waals surface area contributed by atoms with Gasteiger partial charge < -0.3 is 11.5 Å². The van der Waals surface area contributed by atoms with Gasteiger partial charge in [0, 0.05) is 12.6 Å². The standard InChI is InChI=1S/C40H76N2/c1-3-5-7-9-11-13-15-17-19-21-23-25-27-29-31-33-35-39(37-40(42)38-41)36-34-32-30-28-26-24-22-20-18-16-14-12-10-8-6-4-2/h11-14,17-20,39-40H,3-10,15-16,21-38,41-42H2,1-2H3/b13-11-,14-12-,19-17-,20-18-. The first-order valence-electron chi connectivity index (χ1n) is 18.8. The number of hydrogen-bond acceptors (Lipinski definition) is 2. The Labute approximate surface area is 265 Å². The maximum Gasteiger partial charge on any atom is 0.0165 e. The van der Waals surface area contributed by atoms with E-state index in [2.05, 4.69) is 62.5 Å². The molecule has 0 rings (SSSR count). The van der Waals surface area contributed by atoms with Gasteiger partial charge in [0.1, 0.15) is 0 Å². The summed E-state index contributed by atoms with van der Waals surface area (Å²) in [6, 6.07) is 0.184. The van der Waals surface area contributed by atoms with Crippen molar-refractivity contribution in [1.82, 2.24) is 0 Å². The highest BCUT2D eigenvalue weighted by Crippen LogP contribution is 2.23. The second-order valence-electron chi connectivity index (χ2n) is 12.8. The molecule has 42 heavy (non-hydrogen) atoms. The molecule has 0 radical (unpaired) electrons. The third-order valence-electron chi connectivity index (χ3n) is 8.56. The van der Waals surface area contributed by atoms with Crippen LogP contribution in [0.4, 0.5) is 0 Å². The zero-order valence-corrected chi connectivity index (χ0v) is 28.7. The first-order valence-corrected chi connectivity index (χ1v) is 18.8. The highest BCUT2D eigenvalue weighted by atomic mass is 14.7.